The van der Waals surface area contributed by atoms with Gasteiger partial charge >= 0.3 is 0 Å². The maximum atomic E-state index is 13.9. The molecular weight excluding hydrogens is 293 g/mol. The van der Waals surface area contributed by atoms with E-state index in [9.17, 15) is 4.39 Å². The van der Waals surface area contributed by atoms with Crippen molar-refractivity contribution in [2.45, 2.75) is 0 Å². The van der Waals surface area contributed by atoms with Crippen LogP contribution in [0, 0.1) is 5.82 Å². The average Bonchev–Trinajstić information content (AvgIpc) is 2.98. The third kappa shape index (κ3) is 2.58. The summed E-state index contributed by atoms with van der Waals surface area (Å²) in [7, 11) is 1.52. The number of halogens is 1. The van der Waals surface area contributed by atoms with E-state index in [1.54, 1.807) is 12.1 Å². The van der Waals surface area contributed by atoms with Crippen LogP contribution < -0.4 is 21.3 Å². The van der Waals surface area contributed by atoms with Crippen LogP contribution in [0.3, 0.4) is 0 Å². The molecule has 0 bridgehead atoms. The second-order valence-electron chi connectivity index (χ2n) is 4.15. The van der Waals surface area contributed by atoms with E-state index in [1.165, 1.54) is 24.5 Å². The molecule has 6 nitrogen and oxygen atoms in total. The first kappa shape index (κ1) is 13.5. The Balaban J connectivity index is 2.07. The molecule has 0 spiro atoms. The summed E-state index contributed by atoms with van der Waals surface area (Å²) in [6, 6.07) is 6.30. The van der Waals surface area contributed by atoms with E-state index in [2.05, 4.69) is 20.7 Å². The van der Waals surface area contributed by atoms with Gasteiger partial charge < -0.3 is 10.1 Å². The summed E-state index contributed by atoms with van der Waals surface area (Å²) in [5, 5.41) is 5.63. The summed E-state index contributed by atoms with van der Waals surface area (Å²) in [5.74, 6) is 6.23. The molecule has 0 aliphatic heterocycles. The maximum absolute atomic E-state index is 13.9. The summed E-state index contributed by atoms with van der Waals surface area (Å²) in [6.45, 7) is 0. The van der Waals surface area contributed by atoms with Gasteiger partial charge in [0.05, 0.1) is 18.2 Å². The summed E-state index contributed by atoms with van der Waals surface area (Å²) in [5.41, 5.74) is 2.67. The third-order valence-corrected chi connectivity index (χ3v) is 3.69. The number of methoxy groups -OCH3 is 1. The Morgan fingerprint density at radius 3 is 2.90 bits per heavy atom. The highest BCUT2D eigenvalue weighted by atomic mass is 32.1. The second kappa shape index (κ2) is 5.51. The van der Waals surface area contributed by atoms with Gasteiger partial charge in [0.15, 0.2) is 0 Å². The van der Waals surface area contributed by atoms with Gasteiger partial charge in [-0.05, 0) is 23.6 Å². The number of thiophene rings is 1. The van der Waals surface area contributed by atoms with Crippen molar-refractivity contribution in [1.29, 1.82) is 0 Å². The van der Waals surface area contributed by atoms with Crippen molar-refractivity contribution in [2.24, 2.45) is 5.84 Å². The smallest absolute Gasteiger partial charge is 0.240 e. The summed E-state index contributed by atoms with van der Waals surface area (Å²) < 4.78 is 19.0. The van der Waals surface area contributed by atoms with Crippen molar-refractivity contribution in [3.63, 3.8) is 0 Å². The molecule has 2 heterocycles. The number of aromatic nitrogens is 2. The molecular formula is C13H12FN5OS. The van der Waals surface area contributed by atoms with Crippen LogP contribution in [0.1, 0.15) is 0 Å². The number of fused-ring (bicyclic) bond motifs is 1. The van der Waals surface area contributed by atoms with E-state index in [4.69, 9.17) is 10.6 Å². The summed E-state index contributed by atoms with van der Waals surface area (Å²) in [4.78, 5) is 9.20. The molecule has 0 atom stereocenters. The molecule has 0 aliphatic carbocycles. The molecule has 3 aromatic rings. The molecule has 1 aromatic carbocycles. The van der Waals surface area contributed by atoms with Crippen molar-refractivity contribution in [3.8, 4) is 5.75 Å². The Bertz CT molecular complexity index is 791. The zero-order valence-corrected chi connectivity index (χ0v) is 11.9. The van der Waals surface area contributed by atoms with E-state index in [-0.39, 0.29) is 11.6 Å². The van der Waals surface area contributed by atoms with Gasteiger partial charge in [0.25, 0.3) is 0 Å². The number of nitrogens with two attached hydrogens (primary N) is 1. The highest BCUT2D eigenvalue weighted by molar-refractivity contribution is 7.16. The molecule has 4 N–H and O–H groups in total. The van der Waals surface area contributed by atoms with Crippen LogP contribution in [-0.4, -0.2) is 17.1 Å². The minimum atomic E-state index is -0.403. The largest absolute Gasteiger partial charge is 0.497 e. The fraction of sp³-hybridized carbons (Fsp3) is 0.0769. The van der Waals surface area contributed by atoms with Gasteiger partial charge in [0.1, 0.15) is 22.2 Å². The highest BCUT2D eigenvalue weighted by Crippen LogP contribution is 2.30. The molecule has 3 rings (SSSR count). The number of anilines is 3. The molecule has 0 aliphatic rings. The van der Waals surface area contributed by atoms with E-state index in [0.29, 0.717) is 11.6 Å². The number of benzene rings is 1. The first-order chi connectivity index (χ1) is 10.2. The zero-order valence-electron chi connectivity index (χ0n) is 11.1. The predicted molar refractivity (Wildman–Crippen MR) is 81.5 cm³/mol. The van der Waals surface area contributed by atoms with Gasteiger partial charge in [-0.3, -0.25) is 5.43 Å². The van der Waals surface area contributed by atoms with Crippen molar-refractivity contribution in [3.05, 3.63) is 35.5 Å². The van der Waals surface area contributed by atoms with Crippen LogP contribution in [0.15, 0.2) is 29.6 Å². The van der Waals surface area contributed by atoms with E-state index >= 15 is 0 Å². The van der Waals surface area contributed by atoms with Crippen LogP contribution in [-0.2, 0) is 0 Å². The fourth-order valence-corrected chi connectivity index (χ4v) is 2.63. The van der Waals surface area contributed by atoms with E-state index < -0.39 is 5.82 Å². The fourth-order valence-electron chi connectivity index (χ4n) is 1.87. The number of nitrogen functional groups attached to an aromatic ring is 1. The van der Waals surface area contributed by atoms with Crippen molar-refractivity contribution >= 4 is 39.0 Å². The van der Waals surface area contributed by atoms with Gasteiger partial charge in [0, 0.05) is 6.07 Å². The first-order valence-corrected chi connectivity index (χ1v) is 6.91. The summed E-state index contributed by atoms with van der Waals surface area (Å²) in [6.07, 6.45) is 0. The zero-order chi connectivity index (χ0) is 14.8. The van der Waals surface area contributed by atoms with E-state index in [1.807, 2.05) is 11.4 Å². The molecule has 8 heteroatoms. The van der Waals surface area contributed by atoms with Crippen molar-refractivity contribution in [1.82, 2.24) is 9.97 Å². The van der Waals surface area contributed by atoms with Gasteiger partial charge in [-0.1, -0.05) is 0 Å². The molecule has 0 fully saturated rings. The number of nitrogens with zero attached hydrogens (tertiary/aromatic N) is 2. The van der Waals surface area contributed by atoms with Crippen LogP contribution in [0.2, 0.25) is 0 Å². The minimum Gasteiger partial charge on any atom is -0.497 e. The Hall–Kier alpha value is -2.45. The number of nitrogens with one attached hydrogen (secondary N) is 2. The Morgan fingerprint density at radius 2 is 2.14 bits per heavy atom. The normalized spacial score (nSPS) is 10.6. The average molecular weight is 305 g/mol. The van der Waals surface area contributed by atoms with Crippen LogP contribution in [0.25, 0.3) is 10.2 Å². The van der Waals surface area contributed by atoms with Gasteiger partial charge in [0.2, 0.25) is 5.95 Å². The number of hydrazine groups is 1. The third-order valence-electron chi connectivity index (χ3n) is 2.88. The lowest BCUT2D eigenvalue weighted by Gasteiger charge is -2.10. The Morgan fingerprint density at radius 1 is 1.29 bits per heavy atom. The highest BCUT2D eigenvalue weighted by Gasteiger charge is 2.11. The summed E-state index contributed by atoms with van der Waals surface area (Å²) >= 11 is 1.45. The van der Waals surface area contributed by atoms with Crippen molar-refractivity contribution in [2.75, 3.05) is 17.9 Å². The maximum Gasteiger partial charge on any atom is 0.240 e. The van der Waals surface area contributed by atoms with Gasteiger partial charge in [-0.2, -0.15) is 4.98 Å². The van der Waals surface area contributed by atoms with Crippen LogP contribution in [0.4, 0.5) is 21.8 Å². The lowest BCUT2D eigenvalue weighted by Crippen LogP contribution is -2.11. The van der Waals surface area contributed by atoms with Crippen LogP contribution in [0.5, 0.6) is 5.75 Å². The molecule has 108 valence electrons. The number of rotatable bonds is 4. The standard InChI is InChI=1S/C13H12FN5OS/c1-20-7-2-3-9(14)10(6-7)16-11-8-4-5-21-12(8)18-13(17-11)19-15/h2-6H,15H2,1H3,(H2,16,17,18,19). The second-order valence-corrected chi connectivity index (χ2v) is 5.04. The molecule has 0 unspecified atom stereocenters. The molecule has 2 aromatic heterocycles. The first-order valence-electron chi connectivity index (χ1n) is 6.03. The van der Waals surface area contributed by atoms with Gasteiger partial charge in [-0.15, -0.1) is 11.3 Å². The number of hydrogen-bond acceptors (Lipinski definition) is 7. The topological polar surface area (TPSA) is 85.1 Å². The number of ether oxygens (including phenoxy) is 1. The molecule has 0 saturated heterocycles. The Kier molecular flexibility index (Phi) is 3.55. The predicted octanol–water partition coefficient (Wildman–Crippen LogP) is 2.87. The monoisotopic (exact) mass is 305 g/mol. The number of hydrogen-bond donors (Lipinski definition) is 3. The molecule has 0 saturated carbocycles. The Labute approximate surface area is 123 Å². The lowest BCUT2D eigenvalue weighted by atomic mass is 10.2. The minimum absolute atomic E-state index is 0.260. The van der Waals surface area contributed by atoms with Crippen molar-refractivity contribution < 1.29 is 9.13 Å². The molecule has 0 radical (unpaired) electrons. The molecule has 0 amide bonds. The van der Waals surface area contributed by atoms with Gasteiger partial charge in [-0.25, -0.2) is 15.2 Å². The van der Waals surface area contributed by atoms with Crippen LogP contribution >= 0.6 is 11.3 Å². The van der Waals surface area contributed by atoms with E-state index in [0.717, 1.165) is 10.2 Å². The lowest BCUT2D eigenvalue weighted by molar-refractivity contribution is 0.414. The quantitative estimate of drug-likeness (QED) is 0.507. The molecule has 21 heavy (non-hydrogen) atoms. The SMILES string of the molecule is COc1ccc(F)c(Nc2nc(NN)nc3sccc23)c1.